The molecule has 0 amide bonds. The number of nitrogens with zero attached hydrogens (tertiary/aromatic N) is 1. The number of carbonyl (C=O) groups is 1. The van der Waals surface area contributed by atoms with Gasteiger partial charge in [0.1, 0.15) is 0 Å². The normalized spacial score (nSPS) is 11.0. The highest BCUT2D eigenvalue weighted by Crippen LogP contribution is 2.31. The van der Waals surface area contributed by atoms with Crippen molar-refractivity contribution in [1.29, 1.82) is 0 Å². The molecule has 1 aromatic heterocycles. The van der Waals surface area contributed by atoms with Gasteiger partial charge in [0.25, 0.3) is 0 Å². The lowest BCUT2D eigenvalue weighted by Gasteiger charge is -2.00. The molecule has 0 aliphatic carbocycles. The molecule has 0 spiro atoms. The molecule has 100 valence electrons. The summed E-state index contributed by atoms with van der Waals surface area (Å²) in [5.41, 5.74) is 1.25. The summed E-state index contributed by atoms with van der Waals surface area (Å²) >= 11 is 5.56. The number of benzene rings is 1. The maximum Gasteiger partial charge on any atom is 0.373 e. The number of aromatic nitrogens is 1. The molecule has 19 heavy (non-hydrogen) atoms. The first-order valence-electron chi connectivity index (χ1n) is 5.59. The van der Waals surface area contributed by atoms with E-state index in [0.29, 0.717) is 11.6 Å². The Balaban J connectivity index is 2.60. The summed E-state index contributed by atoms with van der Waals surface area (Å²) in [5, 5.41) is 9.15. The van der Waals surface area contributed by atoms with E-state index >= 15 is 0 Å². The SMILES string of the molecule is CC(C)c1nc(-c2cc(Br)ccc2I)oc1C(=O)O. The Morgan fingerprint density at radius 3 is 2.68 bits per heavy atom. The van der Waals surface area contributed by atoms with Gasteiger partial charge in [-0.3, -0.25) is 0 Å². The molecular weight excluding hydrogens is 425 g/mol. The van der Waals surface area contributed by atoms with E-state index in [9.17, 15) is 4.79 Å². The highest BCUT2D eigenvalue weighted by atomic mass is 127. The van der Waals surface area contributed by atoms with E-state index < -0.39 is 5.97 Å². The Labute approximate surface area is 132 Å². The Morgan fingerprint density at radius 2 is 2.16 bits per heavy atom. The molecule has 0 fully saturated rings. The summed E-state index contributed by atoms with van der Waals surface area (Å²) in [5.74, 6) is -0.839. The molecule has 0 aliphatic rings. The zero-order valence-corrected chi connectivity index (χ0v) is 14.0. The Kier molecular flexibility index (Phi) is 4.29. The second kappa shape index (κ2) is 5.62. The van der Waals surface area contributed by atoms with E-state index in [1.54, 1.807) is 0 Å². The van der Waals surface area contributed by atoms with Crippen LogP contribution in [0.15, 0.2) is 27.1 Å². The Morgan fingerprint density at radius 1 is 1.47 bits per heavy atom. The van der Waals surface area contributed by atoms with Gasteiger partial charge in [0, 0.05) is 8.04 Å². The third-order valence-electron chi connectivity index (χ3n) is 2.55. The maximum atomic E-state index is 11.2. The fourth-order valence-corrected chi connectivity index (χ4v) is 2.58. The maximum absolute atomic E-state index is 11.2. The Bertz CT molecular complexity index is 637. The highest BCUT2D eigenvalue weighted by Gasteiger charge is 2.23. The molecule has 2 aromatic rings. The quantitative estimate of drug-likeness (QED) is 0.719. The van der Waals surface area contributed by atoms with Gasteiger partial charge in [-0.05, 0) is 46.7 Å². The summed E-state index contributed by atoms with van der Waals surface area (Å²) in [6, 6.07) is 5.69. The van der Waals surface area contributed by atoms with E-state index in [2.05, 4.69) is 43.5 Å². The van der Waals surface area contributed by atoms with Crippen molar-refractivity contribution in [2.45, 2.75) is 19.8 Å². The van der Waals surface area contributed by atoms with Crippen LogP contribution in [-0.4, -0.2) is 16.1 Å². The van der Waals surface area contributed by atoms with Gasteiger partial charge in [-0.25, -0.2) is 9.78 Å². The average molecular weight is 436 g/mol. The van der Waals surface area contributed by atoms with Gasteiger partial charge in [0.05, 0.1) is 11.3 Å². The monoisotopic (exact) mass is 435 g/mol. The molecule has 0 radical (unpaired) electrons. The van der Waals surface area contributed by atoms with Crippen LogP contribution in [0, 0.1) is 3.57 Å². The molecule has 1 N–H and O–H groups in total. The minimum Gasteiger partial charge on any atom is -0.475 e. The molecule has 4 nitrogen and oxygen atoms in total. The largest absolute Gasteiger partial charge is 0.475 e. The van der Waals surface area contributed by atoms with Crippen molar-refractivity contribution in [3.05, 3.63) is 37.7 Å². The van der Waals surface area contributed by atoms with E-state index in [1.165, 1.54) is 0 Å². The first-order chi connectivity index (χ1) is 8.90. The fraction of sp³-hybridized carbons (Fsp3) is 0.231. The minimum atomic E-state index is -1.09. The molecule has 0 unspecified atom stereocenters. The summed E-state index contributed by atoms with van der Waals surface area (Å²) in [6.07, 6.45) is 0. The van der Waals surface area contributed by atoms with Crippen LogP contribution in [-0.2, 0) is 0 Å². The summed E-state index contributed by atoms with van der Waals surface area (Å²) < 4.78 is 7.27. The van der Waals surface area contributed by atoms with Crippen molar-refractivity contribution in [1.82, 2.24) is 4.98 Å². The number of carboxylic acid groups (broad SMARTS) is 1. The standard InChI is InChI=1S/C13H11BrINO3/c1-6(2)10-11(13(17)18)19-12(16-10)8-5-7(14)3-4-9(8)15/h3-6H,1-2H3,(H,17,18). The van der Waals surface area contributed by atoms with Crippen LogP contribution in [0.25, 0.3) is 11.5 Å². The number of carboxylic acids is 1. The molecule has 6 heteroatoms. The van der Waals surface area contributed by atoms with Crippen LogP contribution < -0.4 is 0 Å². The molecule has 1 heterocycles. The van der Waals surface area contributed by atoms with Crippen molar-refractivity contribution >= 4 is 44.5 Å². The third-order valence-corrected chi connectivity index (χ3v) is 3.99. The second-order valence-corrected chi connectivity index (χ2v) is 6.40. The number of rotatable bonds is 3. The number of halogens is 2. The summed E-state index contributed by atoms with van der Waals surface area (Å²) in [7, 11) is 0. The van der Waals surface area contributed by atoms with Gasteiger partial charge in [-0.2, -0.15) is 0 Å². The van der Waals surface area contributed by atoms with Gasteiger partial charge in [0.15, 0.2) is 0 Å². The number of hydrogen-bond donors (Lipinski definition) is 1. The fourth-order valence-electron chi connectivity index (χ4n) is 1.65. The van der Waals surface area contributed by atoms with Crippen LogP contribution in [0.5, 0.6) is 0 Å². The molecule has 0 bridgehead atoms. The molecule has 0 aliphatic heterocycles. The number of aromatic carboxylic acids is 1. The van der Waals surface area contributed by atoms with Gasteiger partial charge in [0.2, 0.25) is 11.7 Å². The van der Waals surface area contributed by atoms with Crippen molar-refractivity contribution in [2.24, 2.45) is 0 Å². The van der Waals surface area contributed by atoms with Crippen LogP contribution in [0.2, 0.25) is 0 Å². The molecule has 0 saturated carbocycles. The number of oxazole rings is 1. The van der Waals surface area contributed by atoms with E-state index in [4.69, 9.17) is 9.52 Å². The van der Waals surface area contributed by atoms with Gasteiger partial charge in [-0.15, -0.1) is 0 Å². The Hall–Kier alpha value is -0.890. The van der Waals surface area contributed by atoms with E-state index in [0.717, 1.165) is 13.6 Å². The van der Waals surface area contributed by atoms with Crippen LogP contribution in [0.3, 0.4) is 0 Å². The number of hydrogen-bond acceptors (Lipinski definition) is 3. The lowest BCUT2D eigenvalue weighted by atomic mass is 10.1. The molecule has 0 saturated heterocycles. The molecule has 2 rings (SSSR count). The van der Waals surface area contributed by atoms with Crippen molar-refractivity contribution in [3.63, 3.8) is 0 Å². The predicted octanol–water partition coefficient (Wildman–Crippen LogP) is 4.53. The lowest BCUT2D eigenvalue weighted by Crippen LogP contribution is -2.01. The van der Waals surface area contributed by atoms with Gasteiger partial charge >= 0.3 is 5.97 Å². The summed E-state index contributed by atoms with van der Waals surface area (Å²) in [6.45, 7) is 3.78. The summed E-state index contributed by atoms with van der Waals surface area (Å²) in [4.78, 5) is 15.5. The molecule has 1 aromatic carbocycles. The zero-order chi connectivity index (χ0) is 14.2. The minimum absolute atomic E-state index is 0.00610. The smallest absolute Gasteiger partial charge is 0.373 e. The van der Waals surface area contributed by atoms with E-state index in [-0.39, 0.29) is 11.7 Å². The molecule has 0 atom stereocenters. The lowest BCUT2D eigenvalue weighted by molar-refractivity contribution is 0.0661. The van der Waals surface area contributed by atoms with Gasteiger partial charge in [-0.1, -0.05) is 29.8 Å². The zero-order valence-electron chi connectivity index (χ0n) is 10.3. The first-order valence-corrected chi connectivity index (χ1v) is 7.46. The van der Waals surface area contributed by atoms with Crippen LogP contribution in [0.1, 0.15) is 36.0 Å². The van der Waals surface area contributed by atoms with Crippen molar-refractivity contribution < 1.29 is 14.3 Å². The predicted molar refractivity (Wildman–Crippen MR) is 83.4 cm³/mol. The van der Waals surface area contributed by atoms with Gasteiger partial charge < -0.3 is 9.52 Å². The van der Waals surface area contributed by atoms with Crippen molar-refractivity contribution in [3.8, 4) is 11.5 Å². The van der Waals surface area contributed by atoms with Crippen molar-refractivity contribution in [2.75, 3.05) is 0 Å². The van der Waals surface area contributed by atoms with Crippen LogP contribution in [0.4, 0.5) is 0 Å². The highest BCUT2D eigenvalue weighted by molar-refractivity contribution is 14.1. The topological polar surface area (TPSA) is 63.3 Å². The van der Waals surface area contributed by atoms with Crippen LogP contribution >= 0.6 is 38.5 Å². The third kappa shape index (κ3) is 3.00. The molecular formula is C13H11BrINO3. The first kappa shape index (κ1) is 14.5. The average Bonchev–Trinajstić information content (AvgIpc) is 2.77. The second-order valence-electron chi connectivity index (χ2n) is 4.32. The van der Waals surface area contributed by atoms with E-state index in [1.807, 2.05) is 32.0 Å².